The molecule has 0 spiro atoms. The van der Waals surface area contributed by atoms with Crippen LogP contribution in [-0.2, 0) is 11.3 Å². The lowest BCUT2D eigenvalue weighted by Crippen LogP contribution is -2.10. The molecule has 4 nitrogen and oxygen atoms in total. The molecule has 1 fully saturated rings. The van der Waals surface area contributed by atoms with Crippen LogP contribution in [0.4, 0.5) is 5.82 Å². The van der Waals surface area contributed by atoms with Crippen LogP contribution < -0.4 is 5.32 Å². The van der Waals surface area contributed by atoms with Crippen LogP contribution in [0.15, 0.2) is 11.1 Å². The van der Waals surface area contributed by atoms with E-state index in [2.05, 4.69) is 28.3 Å². The van der Waals surface area contributed by atoms with E-state index >= 15 is 0 Å². The summed E-state index contributed by atoms with van der Waals surface area (Å²) in [5.74, 6) is 1.72. The fourth-order valence-corrected chi connectivity index (χ4v) is 3.74. The maximum atomic E-state index is 5.46. The number of hydrogen-bond acceptors (Lipinski definition) is 5. The van der Waals surface area contributed by atoms with Gasteiger partial charge < -0.3 is 10.1 Å². The van der Waals surface area contributed by atoms with Crippen LogP contribution in [0.3, 0.4) is 0 Å². The van der Waals surface area contributed by atoms with Gasteiger partial charge in [-0.3, -0.25) is 0 Å². The first kappa shape index (κ1) is 16.6. The number of anilines is 1. The first-order valence-corrected chi connectivity index (χ1v) is 9.06. The predicted molar refractivity (Wildman–Crippen MR) is 88.9 cm³/mol. The molecule has 1 aliphatic rings. The zero-order valence-electron chi connectivity index (χ0n) is 13.2. The molecule has 1 N–H and O–H groups in total. The van der Waals surface area contributed by atoms with Gasteiger partial charge in [-0.15, -0.1) is 11.8 Å². The van der Waals surface area contributed by atoms with E-state index in [9.17, 15) is 0 Å². The largest absolute Gasteiger partial charge is 0.374 e. The summed E-state index contributed by atoms with van der Waals surface area (Å²) >= 11 is 1.91. The van der Waals surface area contributed by atoms with Crippen LogP contribution in [0, 0.1) is 0 Å². The Labute approximate surface area is 132 Å². The van der Waals surface area contributed by atoms with Gasteiger partial charge in [-0.2, -0.15) is 0 Å². The Hall–Kier alpha value is -0.810. The Morgan fingerprint density at radius 2 is 2.05 bits per heavy atom. The molecule has 0 aliphatic heterocycles. The van der Waals surface area contributed by atoms with Crippen molar-refractivity contribution in [3.8, 4) is 0 Å². The normalized spacial score (nSPS) is 16.1. The molecule has 0 atom stereocenters. The van der Waals surface area contributed by atoms with Gasteiger partial charge >= 0.3 is 0 Å². The van der Waals surface area contributed by atoms with Gasteiger partial charge in [-0.25, -0.2) is 9.97 Å². The second-order valence-corrected chi connectivity index (χ2v) is 6.77. The molecular weight excluding hydrogens is 282 g/mol. The van der Waals surface area contributed by atoms with Crippen molar-refractivity contribution in [2.24, 2.45) is 0 Å². The molecule has 1 saturated carbocycles. The minimum atomic E-state index is 0.496. The van der Waals surface area contributed by atoms with Crippen LogP contribution in [0.25, 0.3) is 0 Å². The van der Waals surface area contributed by atoms with Gasteiger partial charge in [0.1, 0.15) is 17.5 Å². The van der Waals surface area contributed by atoms with Crippen molar-refractivity contribution in [3.05, 3.63) is 11.9 Å². The van der Waals surface area contributed by atoms with Crippen molar-refractivity contribution >= 4 is 17.6 Å². The third kappa shape index (κ3) is 5.83. The van der Waals surface area contributed by atoms with E-state index in [1.807, 2.05) is 18.7 Å². The fraction of sp³-hybridized carbons (Fsp3) is 0.750. The maximum absolute atomic E-state index is 5.46. The number of hydrogen-bond donors (Lipinski definition) is 1. The number of rotatable bonds is 8. The molecule has 1 heterocycles. The third-order valence-corrected chi connectivity index (χ3v) is 4.84. The summed E-state index contributed by atoms with van der Waals surface area (Å²) in [6.07, 6.45) is 7.82. The molecule has 0 bridgehead atoms. The van der Waals surface area contributed by atoms with Crippen molar-refractivity contribution in [3.63, 3.8) is 0 Å². The van der Waals surface area contributed by atoms with Crippen LogP contribution >= 0.6 is 11.8 Å². The molecule has 0 amide bonds. The molecule has 21 heavy (non-hydrogen) atoms. The topological polar surface area (TPSA) is 47.0 Å². The van der Waals surface area contributed by atoms with E-state index in [1.54, 1.807) is 0 Å². The van der Waals surface area contributed by atoms with Crippen molar-refractivity contribution < 1.29 is 4.74 Å². The molecule has 1 aliphatic carbocycles. The number of thioether (sulfide) groups is 1. The van der Waals surface area contributed by atoms with E-state index in [4.69, 9.17) is 4.74 Å². The Morgan fingerprint density at radius 3 is 2.76 bits per heavy atom. The number of nitrogens with zero attached hydrogens (tertiary/aromatic N) is 2. The van der Waals surface area contributed by atoms with Crippen LogP contribution in [-0.4, -0.2) is 28.4 Å². The lowest BCUT2D eigenvalue weighted by atomic mass is 10.0. The molecule has 0 aromatic carbocycles. The molecule has 118 valence electrons. The molecule has 0 saturated heterocycles. The smallest absolute Gasteiger partial charge is 0.157 e. The minimum absolute atomic E-state index is 0.496. The van der Waals surface area contributed by atoms with Gasteiger partial charge in [0, 0.05) is 24.5 Å². The van der Waals surface area contributed by atoms with Gasteiger partial charge in [0.25, 0.3) is 0 Å². The van der Waals surface area contributed by atoms with Gasteiger partial charge in [0.15, 0.2) is 5.82 Å². The Balaban J connectivity index is 2.05. The molecule has 5 heteroatoms. The highest BCUT2D eigenvalue weighted by Crippen LogP contribution is 2.33. The summed E-state index contributed by atoms with van der Waals surface area (Å²) in [7, 11) is 0. The fourth-order valence-electron chi connectivity index (χ4n) is 2.49. The van der Waals surface area contributed by atoms with E-state index < -0.39 is 0 Å². The van der Waals surface area contributed by atoms with E-state index in [-0.39, 0.29) is 0 Å². The average Bonchev–Trinajstić information content (AvgIpc) is 2.52. The quantitative estimate of drug-likeness (QED) is 0.727. The second kappa shape index (κ2) is 9.26. The van der Waals surface area contributed by atoms with E-state index in [1.165, 1.54) is 32.1 Å². The zero-order chi connectivity index (χ0) is 14.9. The maximum Gasteiger partial charge on any atom is 0.157 e. The van der Waals surface area contributed by atoms with E-state index in [0.29, 0.717) is 18.5 Å². The first-order chi connectivity index (χ1) is 10.3. The zero-order valence-corrected chi connectivity index (χ0v) is 14.0. The van der Waals surface area contributed by atoms with Gasteiger partial charge in [0.2, 0.25) is 0 Å². The molecule has 2 rings (SSSR count). The molecule has 0 radical (unpaired) electrons. The Kier molecular flexibility index (Phi) is 7.30. The summed E-state index contributed by atoms with van der Waals surface area (Å²) in [6, 6.07) is 2.09. The van der Waals surface area contributed by atoms with Crippen LogP contribution in [0.2, 0.25) is 0 Å². The summed E-state index contributed by atoms with van der Waals surface area (Å²) in [5.41, 5.74) is 0. The van der Waals surface area contributed by atoms with Crippen molar-refractivity contribution in [1.82, 2.24) is 9.97 Å². The highest BCUT2D eigenvalue weighted by molar-refractivity contribution is 7.99. The summed E-state index contributed by atoms with van der Waals surface area (Å²) in [4.78, 5) is 9.20. The van der Waals surface area contributed by atoms with Crippen molar-refractivity contribution in [2.75, 3.05) is 18.5 Å². The molecule has 1 aromatic rings. The molecular formula is C16H27N3OS. The summed E-state index contributed by atoms with van der Waals surface area (Å²) in [5, 5.41) is 5.17. The van der Waals surface area contributed by atoms with E-state index in [0.717, 1.165) is 29.6 Å². The Bertz CT molecular complexity index is 396. The van der Waals surface area contributed by atoms with Crippen molar-refractivity contribution in [2.45, 2.75) is 69.3 Å². The molecule has 1 aromatic heterocycles. The summed E-state index contributed by atoms with van der Waals surface area (Å²) < 4.78 is 5.46. The summed E-state index contributed by atoms with van der Waals surface area (Å²) in [6.45, 7) is 6.29. The minimum Gasteiger partial charge on any atom is -0.374 e. The molecule has 0 unspecified atom stereocenters. The first-order valence-electron chi connectivity index (χ1n) is 8.18. The Morgan fingerprint density at radius 1 is 1.24 bits per heavy atom. The number of nitrogens with one attached hydrogen (secondary N) is 1. The van der Waals surface area contributed by atoms with Crippen LogP contribution in [0.5, 0.6) is 0 Å². The van der Waals surface area contributed by atoms with Gasteiger partial charge in [-0.05, 0) is 26.2 Å². The SMILES string of the molecule is CCCNc1cc(SC2CCCCC2)nc(COCC)n1. The van der Waals surface area contributed by atoms with Gasteiger partial charge in [0.05, 0.1) is 0 Å². The number of aromatic nitrogens is 2. The predicted octanol–water partition coefficient (Wildman–Crippen LogP) is 4.26. The highest BCUT2D eigenvalue weighted by atomic mass is 32.2. The van der Waals surface area contributed by atoms with Crippen LogP contribution in [0.1, 0.15) is 58.2 Å². The second-order valence-electron chi connectivity index (χ2n) is 5.45. The number of ether oxygens (including phenoxy) is 1. The van der Waals surface area contributed by atoms with Crippen molar-refractivity contribution in [1.29, 1.82) is 0 Å². The standard InChI is InChI=1S/C16H27N3OS/c1-3-10-17-14-11-16(19-15(18-14)12-20-4-2)21-13-8-6-5-7-9-13/h11,13H,3-10,12H2,1-2H3,(H,17,18,19). The van der Waals surface area contributed by atoms with Gasteiger partial charge in [-0.1, -0.05) is 26.2 Å². The lowest BCUT2D eigenvalue weighted by Gasteiger charge is -2.20. The third-order valence-electron chi connectivity index (χ3n) is 3.58. The lowest BCUT2D eigenvalue weighted by molar-refractivity contribution is 0.128. The highest BCUT2D eigenvalue weighted by Gasteiger charge is 2.16. The average molecular weight is 309 g/mol. The monoisotopic (exact) mass is 309 g/mol.